The Bertz CT molecular complexity index is 819. The molecule has 0 saturated heterocycles. The average Bonchev–Trinajstić information content (AvgIpc) is 3.06. The van der Waals surface area contributed by atoms with Crippen LogP contribution in [0.15, 0.2) is 64.3 Å². The molecule has 0 unspecified atom stereocenters. The molecule has 0 radical (unpaired) electrons. The zero-order chi connectivity index (χ0) is 16.9. The first-order chi connectivity index (χ1) is 11.6. The van der Waals surface area contributed by atoms with E-state index in [4.69, 9.17) is 0 Å². The third kappa shape index (κ3) is 4.21. The summed E-state index contributed by atoms with van der Waals surface area (Å²) < 4.78 is 13.7. The topological polar surface area (TPSA) is 42.0 Å². The van der Waals surface area contributed by atoms with Crippen molar-refractivity contribution in [3.05, 3.63) is 65.8 Å². The SMILES string of the molecule is C[C@@H](Sc1nc(-c2ccccc2)cs1)C(=O)Nc1ccc(F)cc1. The van der Waals surface area contributed by atoms with Gasteiger partial charge in [-0.1, -0.05) is 42.1 Å². The Hall–Kier alpha value is -2.18. The van der Waals surface area contributed by atoms with Gasteiger partial charge < -0.3 is 5.32 Å². The molecule has 0 aliphatic rings. The molecule has 0 spiro atoms. The Morgan fingerprint density at radius 2 is 1.88 bits per heavy atom. The van der Waals surface area contributed by atoms with Crippen molar-refractivity contribution in [3.63, 3.8) is 0 Å². The van der Waals surface area contributed by atoms with Gasteiger partial charge in [0.05, 0.1) is 10.9 Å². The summed E-state index contributed by atoms with van der Waals surface area (Å²) in [6, 6.07) is 15.7. The van der Waals surface area contributed by atoms with E-state index in [2.05, 4.69) is 10.3 Å². The third-order valence-corrected chi connectivity index (χ3v) is 5.38. The molecule has 1 aromatic heterocycles. The molecule has 1 N–H and O–H groups in total. The van der Waals surface area contributed by atoms with Crippen molar-refractivity contribution in [2.75, 3.05) is 5.32 Å². The first-order valence-corrected chi connectivity index (χ1v) is 9.12. The van der Waals surface area contributed by atoms with E-state index in [1.165, 1.54) is 35.2 Å². The molecule has 3 nitrogen and oxygen atoms in total. The molecule has 3 aromatic rings. The zero-order valence-electron chi connectivity index (χ0n) is 12.9. The molecule has 24 heavy (non-hydrogen) atoms. The number of rotatable bonds is 5. The van der Waals surface area contributed by atoms with Crippen molar-refractivity contribution in [2.24, 2.45) is 0 Å². The Labute approximate surface area is 148 Å². The molecule has 1 atom stereocenters. The molecule has 1 amide bonds. The first-order valence-electron chi connectivity index (χ1n) is 7.36. The number of aromatic nitrogens is 1. The van der Waals surface area contributed by atoms with E-state index in [9.17, 15) is 9.18 Å². The second kappa shape index (κ2) is 7.59. The molecule has 0 saturated carbocycles. The summed E-state index contributed by atoms with van der Waals surface area (Å²) in [7, 11) is 0. The molecular formula is C18H15FN2OS2. The smallest absolute Gasteiger partial charge is 0.237 e. The van der Waals surface area contributed by atoms with E-state index in [0.717, 1.165) is 15.6 Å². The monoisotopic (exact) mass is 358 g/mol. The van der Waals surface area contributed by atoms with Gasteiger partial charge in [-0.3, -0.25) is 4.79 Å². The van der Waals surface area contributed by atoms with Crippen molar-refractivity contribution in [1.29, 1.82) is 0 Å². The van der Waals surface area contributed by atoms with Gasteiger partial charge in [-0.15, -0.1) is 11.3 Å². The van der Waals surface area contributed by atoms with Gasteiger partial charge in [-0.2, -0.15) is 0 Å². The molecule has 0 fully saturated rings. The largest absolute Gasteiger partial charge is 0.325 e. The second-order valence-electron chi connectivity index (χ2n) is 5.12. The molecule has 2 aromatic carbocycles. The maximum atomic E-state index is 12.9. The Morgan fingerprint density at radius 3 is 2.58 bits per heavy atom. The summed E-state index contributed by atoms with van der Waals surface area (Å²) >= 11 is 2.93. The fraction of sp³-hybridized carbons (Fsp3) is 0.111. The number of thioether (sulfide) groups is 1. The number of hydrogen-bond acceptors (Lipinski definition) is 4. The highest BCUT2D eigenvalue weighted by atomic mass is 32.2. The molecule has 3 rings (SSSR count). The van der Waals surface area contributed by atoms with Gasteiger partial charge in [0.2, 0.25) is 5.91 Å². The predicted octanol–water partition coefficient (Wildman–Crippen LogP) is 5.07. The van der Waals surface area contributed by atoms with Crippen LogP contribution in [0.25, 0.3) is 11.3 Å². The van der Waals surface area contributed by atoms with Crippen molar-refractivity contribution in [1.82, 2.24) is 4.98 Å². The Balaban J connectivity index is 1.62. The van der Waals surface area contributed by atoms with Gasteiger partial charge in [0.15, 0.2) is 4.34 Å². The molecule has 1 heterocycles. The van der Waals surface area contributed by atoms with E-state index in [1.54, 1.807) is 12.1 Å². The zero-order valence-corrected chi connectivity index (χ0v) is 14.5. The molecular weight excluding hydrogens is 343 g/mol. The minimum Gasteiger partial charge on any atom is -0.325 e. The lowest BCUT2D eigenvalue weighted by molar-refractivity contribution is -0.115. The Morgan fingerprint density at radius 1 is 1.17 bits per heavy atom. The third-order valence-electron chi connectivity index (χ3n) is 3.31. The normalized spacial score (nSPS) is 11.9. The number of nitrogens with zero attached hydrogens (tertiary/aromatic N) is 1. The number of thiazole rings is 1. The quantitative estimate of drug-likeness (QED) is 0.648. The van der Waals surface area contributed by atoms with Crippen molar-refractivity contribution < 1.29 is 9.18 Å². The van der Waals surface area contributed by atoms with Crippen LogP contribution in [0.5, 0.6) is 0 Å². The number of nitrogens with one attached hydrogen (secondary N) is 1. The second-order valence-corrected chi connectivity index (χ2v) is 7.57. The van der Waals surface area contributed by atoms with Gasteiger partial charge in [-0.25, -0.2) is 9.37 Å². The van der Waals surface area contributed by atoms with Crippen LogP contribution in [-0.2, 0) is 4.79 Å². The van der Waals surface area contributed by atoms with Crippen LogP contribution in [-0.4, -0.2) is 16.1 Å². The molecule has 6 heteroatoms. The van der Waals surface area contributed by atoms with Gasteiger partial charge >= 0.3 is 0 Å². The minimum absolute atomic E-state index is 0.136. The number of hydrogen-bond donors (Lipinski definition) is 1. The van der Waals surface area contributed by atoms with Gasteiger partial charge in [0, 0.05) is 16.6 Å². The lowest BCUT2D eigenvalue weighted by Gasteiger charge is -2.10. The van der Waals surface area contributed by atoms with Crippen molar-refractivity contribution >= 4 is 34.7 Å². The number of benzene rings is 2. The average molecular weight is 358 g/mol. The molecule has 0 aliphatic carbocycles. The van der Waals surface area contributed by atoms with Gasteiger partial charge in [-0.05, 0) is 31.2 Å². The summed E-state index contributed by atoms with van der Waals surface area (Å²) in [5.41, 5.74) is 2.55. The summed E-state index contributed by atoms with van der Waals surface area (Å²) in [4.78, 5) is 16.8. The maximum Gasteiger partial charge on any atom is 0.237 e. The predicted molar refractivity (Wildman–Crippen MR) is 97.9 cm³/mol. The van der Waals surface area contributed by atoms with E-state index >= 15 is 0 Å². The summed E-state index contributed by atoms with van der Waals surface area (Å²) in [5, 5.41) is 4.47. The van der Waals surface area contributed by atoms with Crippen LogP contribution in [0.3, 0.4) is 0 Å². The lowest BCUT2D eigenvalue weighted by Crippen LogP contribution is -2.22. The minimum atomic E-state index is -0.327. The lowest BCUT2D eigenvalue weighted by atomic mass is 10.2. The van der Waals surface area contributed by atoms with Crippen LogP contribution >= 0.6 is 23.1 Å². The highest BCUT2D eigenvalue weighted by Gasteiger charge is 2.17. The van der Waals surface area contributed by atoms with Crippen molar-refractivity contribution in [3.8, 4) is 11.3 Å². The molecule has 0 bridgehead atoms. The summed E-state index contributed by atoms with van der Waals surface area (Å²) in [6.45, 7) is 1.83. The van der Waals surface area contributed by atoms with E-state index in [-0.39, 0.29) is 17.0 Å². The van der Waals surface area contributed by atoms with Gasteiger partial charge in [0.1, 0.15) is 5.82 Å². The van der Waals surface area contributed by atoms with Gasteiger partial charge in [0.25, 0.3) is 0 Å². The number of carbonyl (C=O) groups excluding carboxylic acids is 1. The number of carbonyl (C=O) groups is 1. The standard InChI is InChI=1S/C18H15FN2OS2/c1-12(17(22)20-15-9-7-14(19)8-10-15)24-18-21-16(11-23-18)13-5-3-2-4-6-13/h2-12H,1H3,(H,20,22)/t12-/m1/s1. The van der Waals surface area contributed by atoms with E-state index in [0.29, 0.717) is 5.69 Å². The highest BCUT2D eigenvalue weighted by molar-refractivity contribution is 8.02. The van der Waals surface area contributed by atoms with Crippen LogP contribution < -0.4 is 5.32 Å². The van der Waals surface area contributed by atoms with Crippen LogP contribution in [0.2, 0.25) is 0 Å². The fourth-order valence-electron chi connectivity index (χ4n) is 2.03. The summed E-state index contributed by atoms with van der Waals surface area (Å²) in [6.07, 6.45) is 0. The van der Waals surface area contributed by atoms with Crippen LogP contribution in [0.4, 0.5) is 10.1 Å². The maximum absolute atomic E-state index is 12.9. The summed E-state index contributed by atoms with van der Waals surface area (Å²) in [5.74, 6) is -0.463. The Kier molecular flexibility index (Phi) is 5.27. The highest BCUT2D eigenvalue weighted by Crippen LogP contribution is 2.31. The number of halogens is 1. The van der Waals surface area contributed by atoms with E-state index < -0.39 is 0 Å². The van der Waals surface area contributed by atoms with Crippen LogP contribution in [0.1, 0.15) is 6.92 Å². The van der Waals surface area contributed by atoms with Crippen LogP contribution in [0, 0.1) is 5.82 Å². The number of anilines is 1. The van der Waals surface area contributed by atoms with E-state index in [1.807, 2.05) is 42.6 Å². The number of amides is 1. The molecule has 0 aliphatic heterocycles. The fourth-order valence-corrected chi connectivity index (χ4v) is 4.01. The molecule has 122 valence electrons. The van der Waals surface area contributed by atoms with Crippen molar-refractivity contribution in [2.45, 2.75) is 16.5 Å². The first kappa shape index (κ1) is 16.7.